The molecule has 0 bridgehead atoms. The lowest BCUT2D eigenvalue weighted by molar-refractivity contribution is 0.693. The largest absolute Gasteiger partial charge is 0.333 e. The van der Waals surface area contributed by atoms with Crippen molar-refractivity contribution in [3.63, 3.8) is 0 Å². The molecule has 11 aromatic rings. The number of para-hydroxylation sites is 6. The van der Waals surface area contributed by atoms with Gasteiger partial charge in [0.05, 0.1) is 45.1 Å². The molecule has 2 unspecified atom stereocenters. The Hall–Kier alpha value is -8.07. The van der Waals surface area contributed by atoms with Gasteiger partial charge in [0.2, 0.25) is 0 Å². The van der Waals surface area contributed by atoms with Crippen molar-refractivity contribution in [3.05, 3.63) is 217 Å². The Morgan fingerprint density at radius 3 is 1.85 bits per heavy atom. The van der Waals surface area contributed by atoms with Gasteiger partial charge in [-0.3, -0.25) is 0 Å². The Morgan fingerprint density at radius 2 is 1.08 bits per heavy atom. The molecule has 2 aliphatic rings. The summed E-state index contributed by atoms with van der Waals surface area (Å²) in [6.45, 7) is 0. The lowest BCUT2D eigenvalue weighted by atomic mass is 9.84. The number of hydrogen-bond donors (Lipinski definition) is 0. The van der Waals surface area contributed by atoms with Crippen molar-refractivity contribution >= 4 is 72.0 Å². The van der Waals surface area contributed by atoms with Crippen molar-refractivity contribution < 1.29 is 0 Å². The fourth-order valence-corrected chi connectivity index (χ4v) is 10.7. The van der Waals surface area contributed by atoms with Crippen LogP contribution >= 0.6 is 0 Å². The summed E-state index contributed by atoms with van der Waals surface area (Å²) < 4.78 is 7.24. The van der Waals surface area contributed by atoms with Crippen LogP contribution in [0.15, 0.2) is 194 Å². The molecule has 0 radical (unpaired) electrons. The Kier molecular flexibility index (Phi) is 6.85. The van der Waals surface area contributed by atoms with Crippen molar-refractivity contribution in [1.29, 1.82) is 5.26 Å². The summed E-state index contributed by atoms with van der Waals surface area (Å²) >= 11 is 0. The minimum Gasteiger partial charge on any atom is -0.333 e. The summed E-state index contributed by atoms with van der Waals surface area (Å²) in [5.41, 5.74) is 15.8. The van der Waals surface area contributed by atoms with Gasteiger partial charge in [-0.05, 0) is 84.4 Å². The van der Waals surface area contributed by atoms with Crippen LogP contribution in [0.1, 0.15) is 28.3 Å². The highest BCUT2D eigenvalue weighted by molar-refractivity contribution is 6.26. The highest BCUT2D eigenvalue weighted by Crippen LogP contribution is 2.54. The maximum Gasteiger partial charge on any atom is 0.101 e. The first-order valence-corrected chi connectivity index (χ1v) is 20.6. The van der Waals surface area contributed by atoms with Crippen LogP contribution < -0.4 is 4.90 Å². The number of anilines is 2. The zero-order valence-corrected chi connectivity index (χ0v) is 32.4. The number of nitrogens with zero attached hydrogens (tertiary/aromatic N) is 5. The number of aromatic nitrogens is 3. The molecule has 0 spiro atoms. The maximum absolute atomic E-state index is 10.5. The molecular weight excluding hydrogens is 731 g/mol. The average Bonchev–Trinajstić information content (AvgIpc) is 4.04. The number of fused-ring (bicyclic) bond motifs is 14. The number of benzene rings is 8. The molecule has 0 saturated heterocycles. The van der Waals surface area contributed by atoms with Crippen LogP contribution in [-0.2, 0) is 0 Å². The van der Waals surface area contributed by atoms with Gasteiger partial charge in [-0.2, -0.15) is 5.26 Å². The van der Waals surface area contributed by atoms with E-state index in [-0.39, 0.29) is 12.0 Å². The summed E-state index contributed by atoms with van der Waals surface area (Å²) in [6, 6.07) is 70.1. The Balaban J connectivity index is 1.12. The smallest absolute Gasteiger partial charge is 0.101 e. The third-order valence-corrected chi connectivity index (χ3v) is 13.0. The summed E-state index contributed by atoms with van der Waals surface area (Å²) in [7, 11) is 0. The van der Waals surface area contributed by atoms with Gasteiger partial charge < -0.3 is 18.6 Å². The second-order valence-electron chi connectivity index (χ2n) is 16.0. The molecule has 0 fully saturated rings. The molecule has 5 nitrogen and oxygen atoms in total. The SMILES string of the molecule is N#Cc1cccc2c3c(ccc4c5cc(-n6c7c(c8ccccc86)C=CC6C7c7ccccc7N6c6ccccc6)ccc5n(-c5ccccc5)c43)n(-c3ccccc3)c12. The predicted molar refractivity (Wildman–Crippen MR) is 246 cm³/mol. The van der Waals surface area contributed by atoms with Crippen molar-refractivity contribution in [3.8, 4) is 23.1 Å². The second kappa shape index (κ2) is 12.5. The minimum absolute atomic E-state index is 0.119. The van der Waals surface area contributed by atoms with E-state index in [4.69, 9.17) is 0 Å². The van der Waals surface area contributed by atoms with E-state index in [1.807, 2.05) is 18.2 Å². The second-order valence-corrected chi connectivity index (χ2v) is 16.0. The fraction of sp³-hybridized carbons (Fsp3) is 0.0364. The molecule has 1 aliphatic carbocycles. The Morgan fingerprint density at radius 1 is 0.450 bits per heavy atom. The first-order chi connectivity index (χ1) is 29.8. The van der Waals surface area contributed by atoms with Gasteiger partial charge in [0, 0.05) is 66.6 Å². The molecular formula is C55H35N5. The van der Waals surface area contributed by atoms with E-state index in [0.29, 0.717) is 5.56 Å². The zero-order chi connectivity index (χ0) is 39.5. The zero-order valence-electron chi connectivity index (χ0n) is 32.4. The lowest BCUT2D eigenvalue weighted by Crippen LogP contribution is -2.31. The van der Waals surface area contributed by atoms with Crippen molar-refractivity contribution in [2.75, 3.05) is 4.90 Å². The molecule has 0 amide bonds. The predicted octanol–water partition coefficient (Wildman–Crippen LogP) is 13.4. The van der Waals surface area contributed by atoms with Crippen LogP contribution in [0.3, 0.4) is 0 Å². The van der Waals surface area contributed by atoms with E-state index in [9.17, 15) is 5.26 Å². The van der Waals surface area contributed by atoms with Crippen molar-refractivity contribution in [2.24, 2.45) is 0 Å². The van der Waals surface area contributed by atoms with E-state index in [1.54, 1.807) is 0 Å². The van der Waals surface area contributed by atoms with E-state index in [0.717, 1.165) is 49.9 Å². The fourth-order valence-electron chi connectivity index (χ4n) is 10.7. The van der Waals surface area contributed by atoms with Crippen LogP contribution in [0.25, 0.3) is 77.7 Å². The molecule has 4 heterocycles. The van der Waals surface area contributed by atoms with Gasteiger partial charge in [0.15, 0.2) is 0 Å². The molecule has 0 N–H and O–H groups in total. The normalized spacial score (nSPS) is 15.6. The topological polar surface area (TPSA) is 41.8 Å². The quantitative estimate of drug-likeness (QED) is 0.179. The monoisotopic (exact) mass is 765 g/mol. The molecule has 60 heavy (non-hydrogen) atoms. The van der Waals surface area contributed by atoms with E-state index in [2.05, 4.69) is 207 Å². The van der Waals surface area contributed by atoms with Gasteiger partial charge >= 0.3 is 0 Å². The minimum atomic E-state index is 0.119. The summed E-state index contributed by atoms with van der Waals surface area (Å²) in [5, 5.41) is 16.3. The maximum atomic E-state index is 10.5. The molecule has 2 atom stereocenters. The third-order valence-electron chi connectivity index (χ3n) is 13.0. The Bertz CT molecular complexity index is 3620. The van der Waals surface area contributed by atoms with Crippen molar-refractivity contribution in [1.82, 2.24) is 13.7 Å². The van der Waals surface area contributed by atoms with E-state index in [1.165, 1.54) is 49.9 Å². The first-order valence-electron chi connectivity index (χ1n) is 20.6. The van der Waals surface area contributed by atoms with Crippen LogP contribution in [-0.4, -0.2) is 19.7 Å². The van der Waals surface area contributed by atoms with Gasteiger partial charge in [-0.1, -0.05) is 121 Å². The van der Waals surface area contributed by atoms with Gasteiger partial charge in [-0.15, -0.1) is 0 Å². The molecule has 0 saturated carbocycles. The number of nitriles is 1. The molecule has 13 rings (SSSR count). The van der Waals surface area contributed by atoms with Gasteiger partial charge in [0.25, 0.3) is 0 Å². The van der Waals surface area contributed by atoms with E-state index < -0.39 is 0 Å². The van der Waals surface area contributed by atoms with Crippen LogP contribution in [0.4, 0.5) is 11.4 Å². The molecule has 5 heteroatoms. The summed E-state index contributed by atoms with van der Waals surface area (Å²) in [6.07, 6.45) is 4.79. The Labute approximate surface area is 346 Å². The highest BCUT2D eigenvalue weighted by atomic mass is 15.2. The highest BCUT2D eigenvalue weighted by Gasteiger charge is 2.43. The molecule has 280 valence electrons. The molecule has 1 aliphatic heterocycles. The molecule has 3 aromatic heterocycles. The summed E-state index contributed by atoms with van der Waals surface area (Å²) in [5.74, 6) is 0.119. The van der Waals surface area contributed by atoms with Gasteiger partial charge in [0.1, 0.15) is 6.07 Å². The average molecular weight is 766 g/mol. The van der Waals surface area contributed by atoms with Crippen LogP contribution in [0.5, 0.6) is 0 Å². The molecule has 8 aromatic carbocycles. The number of hydrogen-bond acceptors (Lipinski definition) is 2. The van der Waals surface area contributed by atoms with E-state index >= 15 is 0 Å². The standard InChI is InChI=1S/C55H35N5/c56-34-35-15-14-24-44-52-50(59(53(35)44)38-20-8-3-9-21-38)32-29-42-45-33-39(27-30-48(45)58(55(42)52)37-18-6-2-7-19-37)60-46-25-12-10-22-40(46)41-28-31-49-51(54(41)60)43-23-11-13-26-47(43)57(49)36-16-4-1-5-17-36/h1-33,49,51H. The third kappa shape index (κ3) is 4.39. The van der Waals surface area contributed by atoms with Crippen molar-refractivity contribution in [2.45, 2.75) is 12.0 Å². The lowest BCUT2D eigenvalue weighted by Gasteiger charge is -2.31. The number of rotatable bonds is 4. The van der Waals surface area contributed by atoms with Crippen LogP contribution in [0, 0.1) is 11.3 Å². The van der Waals surface area contributed by atoms with Crippen LogP contribution in [0.2, 0.25) is 0 Å². The summed E-state index contributed by atoms with van der Waals surface area (Å²) in [4.78, 5) is 2.52. The van der Waals surface area contributed by atoms with Gasteiger partial charge in [-0.25, -0.2) is 0 Å². The first kappa shape index (κ1) is 33.0.